The maximum absolute atomic E-state index is 10.6. The van der Waals surface area contributed by atoms with Crippen molar-refractivity contribution in [3.8, 4) is 0 Å². The predicted molar refractivity (Wildman–Crippen MR) is 50.8 cm³/mol. The van der Waals surface area contributed by atoms with Crippen LogP contribution in [0, 0.1) is 0 Å². The minimum Gasteiger partial charge on any atom is -0.341 e. The van der Waals surface area contributed by atoms with Crippen LogP contribution < -0.4 is 10.6 Å². The van der Waals surface area contributed by atoms with E-state index in [0.717, 1.165) is 13.0 Å². The molecule has 3 nitrogen and oxygen atoms in total. The summed E-state index contributed by atoms with van der Waals surface area (Å²) in [6, 6.07) is -0.0819. The zero-order chi connectivity index (χ0) is 8.53. The summed E-state index contributed by atoms with van der Waals surface area (Å²) in [7, 11) is 1.63. The molecule has 0 spiro atoms. The predicted octanol–water partition coefficient (Wildman–Crippen LogP) is 1.99. The molecule has 0 saturated carbocycles. The molecule has 0 rings (SSSR count). The van der Waals surface area contributed by atoms with Crippen molar-refractivity contribution in [1.82, 2.24) is 10.6 Å². The molecule has 0 aliphatic rings. The summed E-state index contributed by atoms with van der Waals surface area (Å²) in [6.07, 6.45) is 4.79. The van der Waals surface area contributed by atoms with E-state index >= 15 is 0 Å². The molecule has 11 heavy (non-hydrogen) atoms. The average molecular weight is 162 g/mol. The molecule has 2 N–H and O–H groups in total. The largest absolute Gasteiger partial charge is 0.341 e. The SMILES string of the molecule is CCCCCCNC(=O)NC.[HH].[HH]. The van der Waals surface area contributed by atoms with E-state index in [0.29, 0.717) is 0 Å². The molecule has 0 heterocycles. The molecular weight excluding hydrogens is 140 g/mol. The lowest BCUT2D eigenvalue weighted by molar-refractivity contribution is 0.242. The highest BCUT2D eigenvalue weighted by atomic mass is 16.2. The molecule has 0 aromatic rings. The molecule has 0 aliphatic heterocycles. The summed E-state index contributed by atoms with van der Waals surface area (Å²) in [6.45, 7) is 2.96. The Bertz CT molecular complexity index is 112. The molecule has 0 fully saturated rings. The quantitative estimate of drug-likeness (QED) is 0.596. The Labute approximate surface area is 71.5 Å². The van der Waals surface area contributed by atoms with Crippen molar-refractivity contribution in [1.29, 1.82) is 0 Å². The van der Waals surface area contributed by atoms with Crippen molar-refractivity contribution in [3.05, 3.63) is 0 Å². The molecule has 70 valence electrons. The monoisotopic (exact) mass is 162 g/mol. The maximum Gasteiger partial charge on any atom is 0.314 e. The number of carbonyl (C=O) groups excluding carboxylic acids is 1. The number of carbonyl (C=O) groups is 1. The summed E-state index contributed by atoms with van der Waals surface area (Å²) < 4.78 is 0. The Balaban J connectivity index is -0.000000500. The summed E-state index contributed by atoms with van der Waals surface area (Å²) in [4.78, 5) is 10.6. The van der Waals surface area contributed by atoms with Crippen LogP contribution in [-0.4, -0.2) is 19.6 Å². The van der Waals surface area contributed by atoms with E-state index < -0.39 is 0 Å². The Morgan fingerprint density at radius 1 is 1.36 bits per heavy atom. The van der Waals surface area contributed by atoms with E-state index in [9.17, 15) is 4.79 Å². The van der Waals surface area contributed by atoms with Gasteiger partial charge in [0.25, 0.3) is 0 Å². The first-order chi connectivity index (χ1) is 5.31. The number of unbranched alkanes of at least 4 members (excludes halogenated alkanes) is 3. The molecule has 0 radical (unpaired) electrons. The summed E-state index contributed by atoms with van der Waals surface area (Å²) >= 11 is 0. The van der Waals surface area contributed by atoms with Crippen LogP contribution >= 0.6 is 0 Å². The van der Waals surface area contributed by atoms with E-state index in [2.05, 4.69) is 17.6 Å². The van der Waals surface area contributed by atoms with Crippen LogP contribution in [0.25, 0.3) is 0 Å². The van der Waals surface area contributed by atoms with Gasteiger partial charge in [0.15, 0.2) is 0 Å². The van der Waals surface area contributed by atoms with Crippen LogP contribution in [0.3, 0.4) is 0 Å². The minimum atomic E-state index is -0.0819. The maximum atomic E-state index is 10.6. The molecule has 0 aliphatic carbocycles. The van der Waals surface area contributed by atoms with Crippen molar-refractivity contribution >= 4 is 6.03 Å². The van der Waals surface area contributed by atoms with Gasteiger partial charge in [0, 0.05) is 16.4 Å². The molecule has 0 unspecified atom stereocenters. The smallest absolute Gasteiger partial charge is 0.314 e. The average Bonchev–Trinajstić information content (AvgIpc) is 2.04. The third kappa shape index (κ3) is 7.16. The highest BCUT2D eigenvalue weighted by Gasteiger charge is 1.92. The van der Waals surface area contributed by atoms with Crippen molar-refractivity contribution in [2.45, 2.75) is 32.6 Å². The fourth-order valence-corrected chi connectivity index (χ4v) is 0.842. The highest BCUT2D eigenvalue weighted by Crippen LogP contribution is 1.96. The van der Waals surface area contributed by atoms with Gasteiger partial charge in [-0.15, -0.1) is 0 Å². The second kappa shape index (κ2) is 7.38. The zero-order valence-corrected chi connectivity index (χ0v) is 7.44. The van der Waals surface area contributed by atoms with Gasteiger partial charge in [0.2, 0.25) is 0 Å². The molecule has 3 heteroatoms. The topological polar surface area (TPSA) is 41.1 Å². The number of hydrogen-bond donors (Lipinski definition) is 2. The van der Waals surface area contributed by atoms with Gasteiger partial charge in [-0.05, 0) is 6.42 Å². The number of hydrogen-bond acceptors (Lipinski definition) is 1. The van der Waals surface area contributed by atoms with Crippen LogP contribution in [-0.2, 0) is 0 Å². The second-order valence-corrected chi connectivity index (χ2v) is 2.57. The van der Waals surface area contributed by atoms with Gasteiger partial charge < -0.3 is 10.6 Å². The first kappa shape index (κ1) is 10.3. The minimum absolute atomic E-state index is 0. The van der Waals surface area contributed by atoms with Gasteiger partial charge in [0.05, 0.1) is 0 Å². The second-order valence-electron chi connectivity index (χ2n) is 2.57. The van der Waals surface area contributed by atoms with Crippen LogP contribution in [0.2, 0.25) is 0 Å². The van der Waals surface area contributed by atoms with Crippen LogP contribution in [0.1, 0.15) is 35.5 Å². The molecular formula is C8H22N2O. The molecule has 0 bridgehead atoms. The van der Waals surface area contributed by atoms with E-state index in [4.69, 9.17) is 0 Å². The van der Waals surface area contributed by atoms with Crippen molar-refractivity contribution in [2.75, 3.05) is 13.6 Å². The number of amides is 2. The number of nitrogens with one attached hydrogen (secondary N) is 2. The lowest BCUT2D eigenvalue weighted by Gasteiger charge is -2.02. The van der Waals surface area contributed by atoms with Crippen LogP contribution in [0.4, 0.5) is 4.79 Å². The van der Waals surface area contributed by atoms with Crippen molar-refractivity contribution in [2.24, 2.45) is 0 Å². The summed E-state index contributed by atoms with van der Waals surface area (Å²) in [5, 5.41) is 5.25. The Hall–Kier alpha value is -0.730. The molecule has 2 amide bonds. The highest BCUT2D eigenvalue weighted by molar-refractivity contribution is 5.73. The summed E-state index contributed by atoms with van der Waals surface area (Å²) in [5.41, 5.74) is 0. The van der Waals surface area contributed by atoms with E-state index in [-0.39, 0.29) is 8.88 Å². The Morgan fingerprint density at radius 3 is 2.64 bits per heavy atom. The molecule has 0 atom stereocenters. The van der Waals surface area contributed by atoms with Crippen LogP contribution in [0.15, 0.2) is 0 Å². The summed E-state index contributed by atoms with van der Waals surface area (Å²) in [5.74, 6) is 0. The number of urea groups is 1. The van der Waals surface area contributed by atoms with E-state index in [1.807, 2.05) is 0 Å². The normalized spacial score (nSPS) is 9.27. The third-order valence-electron chi connectivity index (χ3n) is 1.54. The van der Waals surface area contributed by atoms with Crippen LogP contribution in [0.5, 0.6) is 0 Å². The van der Waals surface area contributed by atoms with Gasteiger partial charge in [0.1, 0.15) is 0 Å². The third-order valence-corrected chi connectivity index (χ3v) is 1.54. The zero-order valence-electron chi connectivity index (χ0n) is 7.44. The van der Waals surface area contributed by atoms with Gasteiger partial charge in [-0.1, -0.05) is 26.2 Å². The fourth-order valence-electron chi connectivity index (χ4n) is 0.842. The molecule has 0 saturated heterocycles. The Kier molecular flexibility index (Phi) is 6.89. The van der Waals surface area contributed by atoms with Crippen molar-refractivity contribution in [3.63, 3.8) is 0 Å². The van der Waals surface area contributed by atoms with E-state index in [1.54, 1.807) is 7.05 Å². The lowest BCUT2D eigenvalue weighted by Crippen LogP contribution is -2.33. The Morgan fingerprint density at radius 2 is 2.09 bits per heavy atom. The van der Waals surface area contributed by atoms with Gasteiger partial charge >= 0.3 is 6.03 Å². The lowest BCUT2D eigenvalue weighted by atomic mass is 10.2. The number of rotatable bonds is 5. The molecule has 0 aromatic carbocycles. The molecule has 0 aromatic heterocycles. The fraction of sp³-hybridized carbons (Fsp3) is 0.875. The standard InChI is InChI=1S/C8H18N2O.2H2/c1-3-4-5-6-7-10-8(11)9-2;;/h3-7H2,1-2H3,(H2,9,10,11);2*1H. The first-order valence-corrected chi connectivity index (χ1v) is 4.26. The van der Waals surface area contributed by atoms with Crippen molar-refractivity contribution < 1.29 is 7.65 Å². The van der Waals surface area contributed by atoms with Gasteiger partial charge in [-0.3, -0.25) is 0 Å². The van der Waals surface area contributed by atoms with Gasteiger partial charge in [-0.2, -0.15) is 0 Å². The first-order valence-electron chi connectivity index (χ1n) is 4.26. The van der Waals surface area contributed by atoms with E-state index in [1.165, 1.54) is 19.3 Å². The van der Waals surface area contributed by atoms with Gasteiger partial charge in [-0.25, -0.2) is 4.79 Å².